The zero-order chi connectivity index (χ0) is 11.4. The van der Waals surface area contributed by atoms with Crippen molar-refractivity contribution in [1.82, 2.24) is 0 Å². The van der Waals surface area contributed by atoms with Crippen molar-refractivity contribution in [1.29, 1.82) is 0 Å². The van der Waals surface area contributed by atoms with Gasteiger partial charge in [-0.3, -0.25) is 0 Å². The number of phenols is 1. The highest BCUT2D eigenvalue weighted by atomic mass is 35.5. The van der Waals surface area contributed by atoms with Crippen LogP contribution in [0.1, 0.15) is 30.0 Å². The second-order valence-corrected chi connectivity index (χ2v) is 3.70. The lowest BCUT2D eigenvalue weighted by atomic mass is 9.99. The molecular weight excluding hydrogens is 231 g/mol. The largest absolute Gasteiger partial charge is 0.507 e. The van der Waals surface area contributed by atoms with Crippen molar-refractivity contribution in [2.45, 2.75) is 25.8 Å². The first-order valence-electron chi connectivity index (χ1n) is 5.01. The van der Waals surface area contributed by atoms with E-state index >= 15 is 0 Å². The van der Waals surface area contributed by atoms with Gasteiger partial charge in [-0.1, -0.05) is 0 Å². The van der Waals surface area contributed by atoms with E-state index in [1.54, 1.807) is 6.92 Å². The Bertz CT molecular complexity index is 347. The second kappa shape index (κ2) is 6.68. The van der Waals surface area contributed by atoms with Crippen LogP contribution >= 0.6 is 12.4 Å². The molecule has 0 spiro atoms. The van der Waals surface area contributed by atoms with E-state index in [2.05, 4.69) is 0 Å². The van der Waals surface area contributed by atoms with Crippen molar-refractivity contribution in [3.63, 3.8) is 0 Å². The third-order valence-corrected chi connectivity index (χ3v) is 2.41. The van der Waals surface area contributed by atoms with Crippen molar-refractivity contribution in [2.75, 3.05) is 6.54 Å². The number of benzene rings is 1. The summed E-state index contributed by atoms with van der Waals surface area (Å²) < 4.78 is 13.1. The number of aryl methyl sites for hydroxylation is 1. The highest BCUT2D eigenvalue weighted by Gasteiger charge is 2.13. The van der Waals surface area contributed by atoms with Crippen LogP contribution in [-0.4, -0.2) is 11.7 Å². The van der Waals surface area contributed by atoms with Crippen molar-refractivity contribution < 1.29 is 9.50 Å². The zero-order valence-corrected chi connectivity index (χ0v) is 10.1. The van der Waals surface area contributed by atoms with E-state index in [9.17, 15) is 9.50 Å². The van der Waals surface area contributed by atoms with Crippen LogP contribution in [0.2, 0.25) is 0 Å². The third kappa shape index (κ3) is 3.63. The van der Waals surface area contributed by atoms with E-state index < -0.39 is 0 Å². The van der Waals surface area contributed by atoms with Gasteiger partial charge in [-0.15, -0.1) is 12.4 Å². The molecule has 5 N–H and O–H groups in total. The lowest BCUT2D eigenvalue weighted by Gasteiger charge is -2.14. The molecule has 0 bridgehead atoms. The number of hydrogen-bond donors (Lipinski definition) is 3. The Hall–Kier alpha value is -0.840. The van der Waals surface area contributed by atoms with E-state index in [0.717, 1.165) is 6.42 Å². The first-order valence-corrected chi connectivity index (χ1v) is 5.01. The van der Waals surface area contributed by atoms with Gasteiger partial charge < -0.3 is 16.6 Å². The molecule has 1 aromatic rings. The third-order valence-electron chi connectivity index (χ3n) is 2.41. The summed E-state index contributed by atoms with van der Waals surface area (Å²) in [6.45, 7) is 2.19. The quantitative estimate of drug-likeness (QED) is 0.763. The van der Waals surface area contributed by atoms with Gasteiger partial charge in [-0.2, -0.15) is 0 Å². The van der Waals surface area contributed by atoms with Gasteiger partial charge in [0.2, 0.25) is 0 Å². The summed E-state index contributed by atoms with van der Waals surface area (Å²) in [7, 11) is 0. The maximum absolute atomic E-state index is 13.1. The minimum absolute atomic E-state index is 0. The van der Waals surface area contributed by atoms with Crippen LogP contribution in [0.4, 0.5) is 4.39 Å². The highest BCUT2D eigenvalue weighted by Crippen LogP contribution is 2.29. The average molecular weight is 249 g/mol. The molecule has 0 radical (unpaired) electrons. The normalized spacial score (nSPS) is 12.0. The molecular formula is C11H18ClFN2O. The van der Waals surface area contributed by atoms with Crippen LogP contribution in [0.15, 0.2) is 12.1 Å². The van der Waals surface area contributed by atoms with Gasteiger partial charge in [0, 0.05) is 11.6 Å². The predicted molar refractivity (Wildman–Crippen MR) is 65.3 cm³/mol. The average Bonchev–Trinajstić information content (AvgIpc) is 2.19. The Balaban J connectivity index is 0.00000225. The van der Waals surface area contributed by atoms with Gasteiger partial charge >= 0.3 is 0 Å². The highest BCUT2D eigenvalue weighted by molar-refractivity contribution is 5.85. The SMILES string of the molecule is Cc1cc(F)cc([C@@H](N)CCCN)c1O.Cl. The minimum Gasteiger partial charge on any atom is -0.507 e. The lowest BCUT2D eigenvalue weighted by molar-refractivity contribution is 0.450. The van der Waals surface area contributed by atoms with Crippen LogP contribution in [0.25, 0.3) is 0 Å². The molecule has 0 aliphatic carbocycles. The van der Waals surface area contributed by atoms with E-state index in [1.807, 2.05) is 0 Å². The zero-order valence-electron chi connectivity index (χ0n) is 9.24. The molecule has 0 fully saturated rings. The molecule has 0 amide bonds. The summed E-state index contributed by atoms with van der Waals surface area (Å²) >= 11 is 0. The van der Waals surface area contributed by atoms with Crippen molar-refractivity contribution >= 4 is 12.4 Å². The Labute approximate surface area is 101 Å². The van der Waals surface area contributed by atoms with Gasteiger partial charge in [-0.05, 0) is 44.0 Å². The van der Waals surface area contributed by atoms with Gasteiger partial charge in [0.25, 0.3) is 0 Å². The van der Waals surface area contributed by atoms with Crippen LogP contribution in [0.3, 0.4) is 0 Å². The number of halogens is 2. The summed E-state index contributed by atoms with van der Waals surface area (Å²) in [6, 6.07) is 2.21. The Morgan fingerprint density at radius 2 is 2.06 bits per heavy atom. The van der Waals surface area contributed by atoms with Crippen LogP contribution in [-0.2, 0) is 0 Å². The van der Waals surface area contributed by atoms with Crippen molar-refractivity contribution in [3.05, 3.63) is 29.1 Å². The standard InChI is InChI=1S/C11H17FN2O.ClH/c1-7-5-8(12)6-9(11(7)15)10(14)3-2-4-13;/h5-6,10,15H,2-4,13-14H2,1H3;1H/t10-;/m0./s1. The lowest BCUT2D eigenvalue weighted by Crippen LogP contribution is -2.13. The molecule has 0 saturated carbocycles. The van der Waals surface area contributed by atoms with Crippen molar-refractivity contribution in [3.8, 4) is 5.75 Å². The maximum Gasteiger partial charge on any atom is 0.124 e. The second-order valence-electron chi connectivity index (χ2n) is 3.70. The fraction of sp³-hybridized carbons (Fsp3) is 0.455. The molecule has 0 aliphatic rings. The van der Waals surface area contributed by atoms with Gasteiger partial charge in [-0.25, -0.2) is 4.39 Å². The number of hydrogen-bond acceptors (Lipinski definition) is 3. The first-order chi connectivity index (χ1) is 7.06. The van der Waals surface area contributed by atoms with E-state index in [-0.39, 0.29) is 30.0 Å². The number of nitrogens with two attached hydrogens (primary N) is 2. The van der Waals surface area contributed by atoms with E-state index in [0.29, 0.717) is 24.1 Å². The molecule has 5 heteroatoms. The Kier molecular flexibility index (Phi) is 6.33. The molecule has 0 aliphatic heterocycles. The molecule has 92 valence electrons. The molecule has 0 aromatic heterocycles. The summed E-state index contributed by atoms with van der Waals surface area (Å²) in [5.41, 5.74) is 12.2. The summed E-state index contributed by atoms with van der Waals surface area (Å²) in [4.78, 5) is 0. The molecule has 0 unspecified atom stereocenters. The molecule has 0 heterocycles. The summed E-state index contributed by atoms with van der Waals surface area (Å²) in [5.74, 6) is -0.288. The summed E-state index contributed by atoms with van der Waals surface area (Å²) in [6.07, 6.45) is 1.41. The number of rotatable bonds is 4. The van der Waals surface area contributed by atoms with Crippen LogP contribution < -0.4 is 11.5 Å². The number of aromatic hydroxyl groups is 1. The molecule has 1 rings (SSSR count). The topological polar surface area (TPSA) is 72.3 Å². The van der Waals surface area contributed by atoms with Gasteiger partial charge in [0.15, 0.2) is 0 Å². The molecule has 0 saturated heterocycles. The fourth-order valence-corrected chi connectivity index (χ4v) is 1.54. The molecule has 1 atom stereocenters. The van der Waals surface area contributed by atoms with Crippen LogP contribution in [0, 0.1) is 12.7 Å². The van der Waals surface area contributed by atoms with Gasteiger partial charge in [0.1, 0.15) is 11.6 Å². The van der Waals surface area contributed by atoms with Gasteiger partial charge in [0.05, 0.1) is 0 Å². The van der Waals surface area contributed by atoms with E-state index in [1.165, 1.54) is 12.1 Å². The fourth-order valence-electron chi connectivity index (χ4n) is 1.54. The van der Waals surface area contributed by atoms with E-state index in [4.69, 9.17) is 11.5 Å². The Morgan fingerprint density at radius 1 is 1.44 bits per heavy atom. The van der Waals surface area contributed by atoms with Crippen LogP contribution in [0.5, 0.6) is 5.75 Å². The summed E-state index contributed by atoms with van der Waals surface area (Å²) in [5, 5.41) is 9.71. The molecule has 16 heavy (non-hydrogen) atoms. The molecule has 3 nitrogen and oxygen atoms in total. The maximum atomic E-state index is 13.1. The monoisotopic (exact) mass is 248 g/mol. The molecule has 1 aromatic carbocycles. The minimum atomic E-state index is -0.372. The predicted octanol–water partition coefficient (Wildman–Crippen LogP) is 2.00. The first kappa shape index (κ1) is 15.2. The van der Waals surface area contributed by atoms with Crippen molar-refractivity contribution in [2.24, 2.45) is 11.5 Å². The Morgan fingerprint density at radius 3 is 2.62 bits per heavy atom. The number of phenolic OH excluding ortho intramolecular Hbond substituents is 1. The smallest absolute Gasteiger partial charge is 0.124 e.